The zero-order chi connectivity index (χ0) is 19.9. The number of hydrogen-bond acceptors (Lipinski definition) is 13. The number of carbonyl (C=O) groups is 2. The Morgan fingerprint density at radius 2 is 0.880 bits per heavy atom. The van der Waals surface area contributed by atoms with E-state index in [1.165, 1.54) is 0 Å². The molecule has 0 heterocycles. The fourth-order valence-corrected chi connectivity index (χ4v) is 1.54. The van der Waals surface area contributed by atoms with E-state index in [0.717, 1.165) is 0 Å². The van der Waals surface area contributed by atoms with Crippen molar-refractivity contribution in [3.05, 3.63) is 0 Å². The van der Waals surface area contributed by atoms with Gasteiger partial charge >= 0.3 is 11.9 Å². The van der Waals surface area contributed by atoms with Crippen LogP contribution >= 0.6 is 0 Å². The van der Waals surface area contributed by atoms with Crippen molar-refractivity contribution < 1.29 is 65.4 Å². The molecule has 0 saturated carbocycles. The first-order chi connectivity index (χ1) is 11.5. The minimum absolute atomic E-state index is 1.02. The summed E-state index contributed by atoms with van der Waals surface area (Å²) in [5.74, 6) is -3.77. The van der Waals surface area contributed by atoms with E-state index in [4.69, 9.17) is 20.4 Å². The van der Waals surface area contributed by atoms with E-state index in [-0.39, 0.29) is 0 Å². The SMILES string of the molecule is O=C(OC(=O)[C@H](O)[C@@H](O)[C@H](O)[C@H](O)CO)[C@@H](O)[C@@H](O)[C@H](O)[C@H](O)CO. The Bertz CT molecular complexity index is 391. The molecule has 0 radical (unpaired) electrons. The van der Waals surface area contributed by atoms with Crippen molar-refractivity contribution in [1.82, 2.24) is 0 Å². The fraction of sp³-hybridized carbons (Fsp3) is 0.833. The molecule has 0 unspecified atom stereocenters. The first-order valence-corrected chi connectivity index (χ1v) is 6.91. The van der Waals surface area contributed by atoms with Gasteiger partial charge in [-0.3, -0.25) is 0 Å². The second-order valence-corrected chi connectivity index (χ2v) is 5.09. The molecule has 8 atom stereocenters. The Morgan fingerprint density at radius 3 is 1.12 bits per heavy atom. The third-order valence-corrected chi connectivity index (χ3v) is 3.19. The maximum atomic E-state index is 11.4. The lowest BCUT2D eigenvalue weighted by molar-refractivity contribution is -0.187. The monoisotopic (exact) mass is 374 g/mol. The standard InChI is InChI=1S/C12H22O13/c13-1-3(15)5(17)7(19)9(21)11(23)25-12(24)10(22)8(20)6(18)4(16)2-14/h3-10,13-22H,1-2H2/t3-,4-,5-,6-,7+,8+,9-,10+/m1/s1. The molecule has 0 aromatic carbocycles. The van der Waals surface area contributed by atoms with Crippen molar-refractivity contribution in [1.29, 1.82) is 0 Å². The summed E-state index contributed by atoms with van der Waals surface area (Å²) in [6.45, 7) is -2.04. The van der Waals surface area contributed by atoms with Gasteiger partial charge in [0.1, 0.15) is 36.6 Å². The largest absolute Gasteiger partial charge is 0.394 e. The number of esters is 2. The molecule has 10 N–H and O–H groups in total. The van der Waals surface area contributed by atoms with E-state index >= 15 is 0 Å². The second-order valence-electron chi connectivity index (χ2n) is 5.09. The van der Waals surface area contributed by atoms with Gasteiger partial charge in [-0.25, -0.2) is 9.59 Å². The molecule has 0 aliphatic heterocycles. The molecule has 0 saturated heterocycles. The number of aliphatic hydroxyl groups excluding tert-OH is 10. The molecule has 0 fully saturated rings. The van der Waals surface area contributed by atoms with Gasteiger partial charge in [-0.2, -0.15) is 0 Å². The van der Waals surface area contributed by atoms with E-state index in [1.54, 1.807) is 0 Å². The molecule has 0 aliphatic carbocycles. The number of aliphatic hydroxyl groups is 10. The zero-order valence-electron chi connectivity index (χ0n) is 12.7. The van der Waals surface area contributed by atoms with E-state index in [0.29, 0.717) is 0 Å². The lowest BCUT2D eigenvalue weighted by Gasteiger charge is -2.26. The van der Waals surface area contributed by atoms with Crippen molar-refractivity contribution in [2.45, 2.75) is 48.8 Å². The van der Waals surface area contributed by atoms with Gasteiger partial charge in [0, 0.05) is 0 Å². The van der Waals surface area contributed by atoms with Crippen LogP contribution in [0.2, 0.25) is 0 Å². The topological polar surface area (TPSA) is 246 Å². The molecular weight excluding hydrogens is 352 g/mol. The van der Waals surface area contributed by atoms with E-state index in [9.17, 15) is 40.2 Å². The normalized spacial score (nSPS) is 21.4. The van der Waals surface area contributed by atoms with Crippen LogP contribution < -0.4 is 0 Å². The van der Waals surface area contributed by atoms with Crippen LogP contribution in [0.25, 0.3) is 0 Å². The van der Waals surface area contributed by atoms with E-state index < -0.39 is 74.0 Å². The van der Waals surface area contributed by atoms with Gasteiger partial charge in [-0.05, 0) is 0 Å². The number of rotatable bonds is 10. The summed E-state index contributed by atoms with van der Waals surface area (Å²) in [7, 11) is 0. The van der Waals surface area contributed by atoms with E-state index in [2.05, 4.69) is 4.74 Å². The van der Waals surface area contributed by atoms with Gasteiger partial charge in [0.15, 0.2) is 12.2 Å². The maximum Gasteiger partial charge on any atom is 0.345 e. The first-order valence-electron chi connectivity index (χ1n) is 6.91. The summed E-state index contributed by atoms with van der Waals surface area (Å²) >= 11 is 0. The Balaban J connectivity index is 4.80. The van der Waals surface area contributed by atoms with Crippen molar-refractivity contribution in [2.24, 2.45) is 0 Å². The Kier molecular flexibility index (Phi) is 10.1. The molecule has 0 aromatic heterocycles. The highest BCUT2D eigenvalue weighted by Crippen LogP contribution is 2.10. The summed E-state index contributed by atoms with van der Waals surface area (Å²) in [6, 6.07) is 0. The van der Waals surface area contributed by atoms with Crippen molar-refractivity contribution >= 4 is 11.9 Å². The summed E-state index contributed by atoms with van der Waals surface area (Å²) in [5.41, 5.74) is 0. The lowest BCUT2D eigenvalue weighted by atomic mass is 10.0. The van der Waals surface area contributed by atoms with Crippen LogP contribution in [0.5, 0.6) is 0 Å². The maximum absolute atomic E-state index is 11.4. The predicted octanol–water partition coefficient (Wildman–Crippen LogP) is -7.07. The average molecular weight is 374 g/mol. The van der Waals surface area contributed by atoms with E-state index in [1.807, 2.05) is 0 Å². The third kappa shape index (κ3) is 6.52. The summed E-state index contributed by atoms with van der Waals surface area (Å²) in [6.07, 6.45) is -18.1. The molecule has 0 aliphatic rings. The average Bonchev–Trinajstić information content (AvgIpc) is 2.62. The highest BCUT2D eigenvalue weighted by atomic mass is 16.6. The minimum Gasteiger partial charge on any atom is -0.394 e. The first kappa shape index (κ1) is 23.7. The molecule has 0 amide bonds. The molecular formula is C12H22O13. The van der Waals surface area contributed by atoms with Crippen LogP contribution in [0.3, 0.4) is 0 Å². The molecule has 0 aromatic rings. The molecule has 25 heavy (non-hydrogen) atoms. The third-order valence-electron chi connectivity index (χ3n) is 3.19. The number of hydrogen-bond donors (Lipinski definition) is 10. The Morgan fingerprint density at radius 1 is 0.600 bits per heavy atom. The van der Waals surface area contributed by atoms with Gasteiger partial charge in [0.05, 0.1) is 13.2 Å². The van der Waals surface area contributed by atoms with Gasteiger partial charge in [0.25, 0.3) is 0 Å². The predicted molar refractivity (Wildman–Crippen MR) is 73.3 cm³/mol. The molecule has 0 rings (SSSR count). The molecule has 0 spiro atoms. The molecule has 13 heteroatoms. The Labute approximate surface area is 140 Å². The lowest BCUT2D eigenvalue weighted by Crippen LogP contribution is -2.52. The number of carbonyl (C=O) groups excluding carboxylic acids is 2. The zero-order valence-corrected chi connectivity index (χ0v) is 12.7. The summed E-state index contributed by atoms with van der Waals surface area (Å²) in [4.78, 5) is 22.9. The second kappa shape index (κ2) is 10.7. The molecule has 0 bridgehead atoms. The van der Waals surface area contributed by atoms with Gasteiger partial charge in [0.2, 0.25) is 0 Å². The summed E-state index contributed by atoms with van der Waals surface area (Å²) < 4.78 is 3.93. The van der Waals surface area contributed by atoms with Gasteiger partial charge < -0.3 is 55.8 Å². The van der Waals surface area contributed by atoms with Crippen LogP contribution in [0.4, 0.5) is 0 Å². The smallest absolute Gasteiger partial charge is 0.345 e. The number of ether oxygens (including phenoxy) is 1. The van der Waals surface area contributed by atoms with Gasteiger partial charge in [-0.15, -0.1) is 0 Å². The minimum atomic E-state index is -2.57. The van der Waals surface area contributed by atoms with Gasteiger partial charge in [-0.1, -0.05) is 0 Å². The van der Waals surface area contributed by atoms with Crippen molar-refractivity contribution in [2.75, 3.05) is 13.2 Å². The Hall–Kier alpha value is -1.26. The van der Waals surface area contributed by atoms with Crippen LogP contribution in [0.1, 0.15) is 0 Å². The van der Waals surface area contributed by atoms with Crippen molar-refractivity contribution in [3.63, 3.8) is 0 Å². The van der Waals surface area contributed by atoms with Crippen LogP contribution in [0.15, 0.2) is 0 Å². The highest BCUT2D eigenvalue weighted by Gasteiger charge is 2.39. The molecule has 148 valence electrons. The van der Waals surface area contributed by atoms with Crippen molar-refractivity contribution in [3.8, 4) is 0 Å². The van der Waals surface area contributed by atoms with Crippen LogP contribution in [0, 0.1) is 0 Å². The van der Waals surface area contributed by atoms with Crippen LogP contribution in [-0.2, 0) is 14.3 Å². The van der Waals surface area contributed by atoms with Crippen LogP contribution in [-0.4, -0.2) is 125 Å². The highest BCUT2D eigenvalue weighted by molar-refractivity contribution is 5.90. The fourth-order valence-electron chi connectivity index (χ4n) is 1.54. The molecule has 13 nitrogen and oxygen atoms in total. The quantitative estimate of drug-likeness (QED) is 0.126. The summed E-state index contributed by atoms with van der Waals surface area (Å²) in [5, 5.41) is 91.6.